The van der Waals surface area contributed by atoms with Gasteiger partial charge in [0.2, 0.25) is 0 Å². The topological polar surface area (TPSA) is 72.7 Å². The molecule has 0 bridgehead atoms. The third kappa shape index (κ3) is 12.1. The van der Waals surface area contributed by atoms with Crippen molar-refractivity contribution in [1.29, 1.82) is 0 Å². The van der Waals surface area contributed by atoms with Gasteiger partial charge in [0.15, 0.2) is 5.75 Å². The van der Waals surface area contributed by atoms with Crippen LogP contribution in [0.5, 0.6) is 5.75 Å². The Hall–Kier alpha value is -2.11. The molecule has 0 unspecified atom stereocenters. The molecule has 0 spiro atoms. The van der Waals surface area contributed by atoms with E-state index in [-0.39, 0.29) is 17.3 Å². The molecule has 33 heavy (non-hydrogen) atoms. The van der Waals surface area contributed by atoms with Gasteiger partial charge in [-0.05, 0) is 32.4 Å². The van der Waals surface area contributed by atoms with Crippen LogP contribution in [0.25, 0.3) is 0 Å². The maximum absolute atomic E-state index is 12.5. The highest BCUT2D eigenvalue weighted by molar-refractivity contribution is 5.95. The van der Waals surface area contributed by atoms with Crippen LogP contribution in [-0.2, 0) is 0 Å². The minimum atomic E-state index is -0.473. The van der Waals surface area contributed by atoms with Crippen molar-refractivity contribution in [3.63, 3.8) is 0 Å². The minimum absolute atomic E-state index is 0.140. The molecule has 1 aromatic carbocycles. The van der Waals surface area contributed by atoms with E-state index in [1.807, 2.05) is 13.8 Å². The molecule has 6 heteroatoms. The summed E-state index contributed by atoms with van der Waals surface area (Å²) < 4.78 is 5.69. The molecule has 0 aliphatic heterocycles. The number of hydrogen-bond donors (Lipinski definition) is 0. The zero-order valence-electron chi connectivity index (χ0n) is 21.3. The van der Waals surface area contributed by atoms with Gasteiger partial charge in [-0.3, -0.25) is 14.9 Å². The van der Waals surface area contributed by atoms with Gasteiger partial charge in [-0.2, -0.15) is 0 Å². The molecule has 0 saturated heterocycles. The molecule has 1 aromatic rings. The van der Waals surface area contributed by atoms with Gasteiger partial charge in [-0.1, -0.05) is 90.4 Å². The molecule has 6 nitrogen and oxygen atoms in total. The van der Waals surface area contributed by atoms with E-state index >= 15 is 0 Å². The number of rotatable bonds is 20. The molecule has 0 N–H and O–H groups in total. The number of nitrogens with zero attached hydrogens (tertiary/aromatic N) is 2. The van der Waals surface area contributed by atoms with Crippen molar-refractivity contribution in [1.82, 2.24) is 4.90 Å². The second-order valence-electron chi connectivity index (χ2n) is 8.86. The predicted molar refractivity (Wildman–Crippen MR) is 136 cm³/mol. The number of carbonyl (C=O) groups excluding carboxylic acids is 1. The summed E-state index contributed by atoms with van der Waals surface area (Å²) >= 11 is 0. The molecule has 0 radical (unpaired) electrons. The molecule has 0 aliphatic rings. The highest BCUT2D eigenvalue weighted by Gasteiger charge is 2.20. The molecule has 0 atom stereocenters. The normalized spacial score (nSPS) is 10.9. The van der Waals surface area contributed by atoms with Crippen LogP contribution >= 0.6 is 0 Å². The smallest absolute Gasteiger partial charge is 0.311 e. The lowest BCUT2D eigenvalue weighted by atomic mass is 10.0. The Morgan fingerprint density at radius 2 is 1.30 bits per heavy atom. The van der Waals surface area contributed by atoms with Crippen LogP contribution in [0.2, 0.25) is 0 Å². The molecular weight excluding hydrogens is 416 g/mol. The standard InChI is InChI=1S/C27H46N2O4/c1-4-7-8-9-10-11-12-13-14-15-16-17-18-19-22-33-26-21-20-24(23-25(26)29(31)32)27(30)28(5-2)6-3/h20-21,23H,4-19,22H2,1-3H3. The van der Waals surface area contributed by atoms with Crippen molar-refractivity contribution < 1.29 is 14.5 Å². The van der Waals surface area contributed by atoms with E-state index in [0.717, 1.165) is 12.8 Å². The first-order valence-electron chi connectivity index (χ1n) is 13.3. The number of ether oxygens (including phenoxy) is 1. The predicted octanol–water partition coefficient (Wildman–Crippen LogP) is 7.94. The molecule has 0 aromatic heterocycles. The van der Waals surface area contributed by atoms with Gasteiger partial charge in [-0.25, -0.2) is 0 Å². The van der Waals surface area contributed by atoms with Gasteiger partial charge < -0.3 is 9.64 Å². The van der Waals surface area contributed by atoms with Crippen molar-refractivity contribution in [2.24, 2.45) is 0 Å². The summed E-state index contributed by atoms with van der Waals surface area (Å²) in [6.45, 7) is 7.65. The Morgan fingerprint density at radius 3 is 1.76 bits per heavy atom. The fourth-order valence-corrected chi connectivity index (χ4v) is 4.09. The number of unbranched alkanes of at least 4 members (excludes halogenated alkanes) is 13. The minimum Gasteiger partial charge on any atom is -0.487 e. The summed E-state index contributed by atoms with van der Waals surface area (Å²) in [7, 11) is 0. The van der Waals surface area contributed by atoms with Crippen LogP contribution in [0.4, 0.5) is 5.69 Å². The van der Waals surface area contributed by atoms with Crippen molar-refractivity contribution in [2.45, 2.75) is 111 Å². The van der Waals surface area contributed by atoms with E-state index in [4.69, 9.17) is 4.74 Å². The largest absolute Gasteiger partial charge is 0.487 e. The van der Waals surface area contributed by atoms with Crippen LogP contribution in [0, 0.1) is 10.1 Å². The number of nitro benzene ring substituents is 1. The van der Waals surface area contributed by atoms with Gasteiger partial charge >= 0.3 is 5.69 Å². The zero-order chi connectivity index (χ0) is 24.3. The number of benzene rings is 1. The average Bonchev–Trinajstić information content (AvgIpc) is 2.82. The van der Waals surface area contributed by atoms with Crippen LogP contribution in [0.1, 0.15) is 121 Å². The summed E-state index contributed by atoms with van der Waals surface area (Å²) in [6, 6.07) is 4.51. The average molecular weight is 463 g/mol. The fraction of sp³-hybridized carbons (Fsp3) is 0.741. The van der Waals surface area contributed by atoms with Gasteiger partial charge in [0.1, 0.15) is 0 Å². The first kappa shape index (κ1) is 28.9. The zero-order valence-corrected chi connectivity index (χ0v) is 21.3. The van der Waals surface area contributed by atoms with Crippen LogP contribution < -0.4 is 4.74 Å². The van der Waals surface area contributed by atoms with E-state index in [9.17, 15) is 14.9 Å². The molecule has 188 valence electrons. The summed E-state index contributed by atoms with van der Waals surface area (Å²) in [5.74, 6) is 0.0485. The van der Waals surface area contributed by atoms with Crippen molar-refractivity contribution >= 4 is 11.6 Å². The lowest BCUT2D eigenvalue weighted by molar-refractivity contribution is -0.385. The number of carbonyl (C=O) groups is 1. The van der Waals surface area contributed by atoms with Crippen LogP contribution in [-0.4, -0.2) is 35.4 Å². The fourth-order valence-electron chi connectivity index (χ4n) is 4.09. The lowest BCUT2D eigenvalue weighted by Crippen LogP contribution is -2.30. The van der Waals surface area contributed by atoms with E-state index in [0.29, 0.717) is 25.3 Å². The first-order valence-corrected chi connectivity index (χ1v) is 13.3. The third-order valence-electron chi connectivity index (χ3n) is 6.21. The molecule has 0 saturated carbocycles. The summed E-state index contributed by atoms with van der Waals surface area (Å²) in [5, 5.41) is 11.5. The van der Waals surface area contributed by atoms with Crippen molar-refractivity contribution in [3.8, 4) is 5.75 Å². The van der Waals surface area contributed by atoms with Crippen LogP contribution in [0.15, 0.2) is 18.2 Å². The lowest BCUT2D eigenvalue weighted by Gasteiger charge is -2.18. The van der Waals surface area contributed by atoms with Gasteiger partial charge in [0.05, 0.1) is 11.5 Å². The molecule has 0 heterocycles. The second kappa shape index (κ2) is 18.3. The Labute approximate surface area is 201 Å². The Bertz CT molecular complexity index is 674. The SMILES string of the molecule is CCCCCCCCCCCCCCCCOc1ccc(C(=O)N(CC)CC)cc1[N+](=O)[O-]. The Kier molecular flexibility index (Phi) is 16.1. The van der Waals surface area contributed by atoms with E-state index in [2.05, 4.69) is 6.92 Å². The number of hydrogen-bond acceptors (Lipinski definition) is 4. The van der Waals surface area contributed by atoms with E-state index < -0.39 is 4.92 Å². The molecular formula is C27H46N2O4. The van der Waals surface area contributed by atoms with Gasteiger partial charge in [0.25, 0.3) is 5.91 Å². The quantitative estimate of drug-likeness (QED) is 0.112. The van der Waals surface area contributed by atoms with E-state index in [1.54, 1.807) is 17.0 Å². The molecule has 1 amide bonds. The van der Waals surface area contributed by atoms with E-state index in [1.165, 1.54) is 83.1 Å². The number of amides is 1. The highest BCUT2D eigenvalue weighted by Crippen LogP contribution is 2.29. The summed E-state index contributed by atoms with van der Waals surface area (Å²) in [5.41, 5.74) is 0.188. The van der Waals surface area contributed by atoms with Crippen molar-refractivity contribution in [3.05, 3.63) is 33.9 Å². The van der Waals surface area contributed by atoms with Crippen LogP contribution in [0.3, 0.4) is 0 Å². The summed E-state index contributed by atoms with van der Waals surface area (Å²) in [6.07, 6.45) is 18.0. The maximum atomic E-state index is 12.5. The highest BCUT2D eigenvalue weighted by atomic mass is 16.6. The molecule has 0 fully saturated rings. The third-order valence-corrected chi connectivity index (χ3v) is 6.21. The van der Waals surface area contributed by atoms with Gasteiger partial charge in [0, 0.05) is 24.7 Å². The maximum Gasteiger partial charge on any atom is 0.311 e. The Morgan fingerprint density at radius 1 is 0.818 bits per heavy atom. The number of nitro groups is 1. The van der Waals surface area contributed by atoms with Crippen molar-refractivity contribution in [2.75, 3.05) is 19.7 Å². The molecule has 0 aliphatic carbocycles. The molecule has 1 rings (SSSR count). The Balaban J connectivity index is 2.20. The monoisotopic (exact) mass is 462 g/mol. The first-order chi connectivity index (χ1) is 16.0. The van der Waals surface area contributed by atoms with Gasteiger partial charge in [-0.15, -0.1) is 0 Å². The second-order valence-corrected chi connectivity index (χ2v) is 8.86. The summed E-state index contributed by atoms with van der Waals surface area (Å²) in [4.78, 5) is 25.1.